The Balaban J connectivity index is 2.15. The number of thiophene rings is 1. The molecule has 0 N–H and O–H groups in total. The molecule has 0 aliphatic heterocycles. The van der Waals surface area contributed by atoms with Crippen LogP contribution in [0.25, 0.3) is 0 Å². The minimum Gasteiger partial charge on any atom is -0.144 e. The average Bonchev–Trinajstić information content (AvgIpc) is 2.76. The lowest BCUT2D eigenvalue weighted by atomic mass is 9.67. The molecule has 1 fully saturated rings. The first-order chi connectivity index (χ1) is 8.04. The molecule has 2 rings (SSSR count). The maximum atomic E-state index is 6.75. The number of aryl methyl sites for hydroxylation is 1. The van der Waals surface area contributed by atoms with Crippen molar-refractivity contribution >= 4 is 22.9 Å². The highest BCUT2D eigenvalue weighted by molar-refractivity contribution is 7.12. The van der Waals surface area contributed by atoms with Crippen molar-refractivity contribution in [1.82, 2.24) is 0 Å². The van der Waals surface area contributed by atoms with Crippen molar-refractivity contribution < 1.29 is 0 Å². The summed E-state index contributed by atoms with van der Waals surface area (Å²) in [6.45, 7) is 6.99. The van der Waals surface area contributed by atoms with Crippen LogP contribution in [0.3, 0.4) is 0 Å². The van der Waals surface area contributed by atoms with Gasteiger partial charge in [-0.25, -0.2) is 0 Å². The van der Waals surface area contributed by atoms with Gasteiger partial charge in [0.25, 0.3) is 0 Å². The molecule has 1 aliphatic carbocycles. The van der Waals surface area contributed by atoms with Crippen LogP contribution in [0.15, 0.2) is 12.1 Å². The van der Waals surface area contributed by atoms with Crippen molar-refractivity contribution in [3.8, 4) is 0 Å². The normalized spacial score (nSPS) is 25.8. The fourth-order valence-corrected chi connectivity index (χ4v) is 4.66. The number of hydrogen-bond donors (Lipinski definition) is 0. The van der Waals surface area contributed by atoms with Crippen molar-refractivity contribution in [2.24, 2.45) is 11.3 Å². The van der Waals surface area contributed by atoms with Gasteiger partial charge in [-0.15, -0.1) is 22.9 Å². The second-order valence-corrected chi connectivity index (χ2v) is 7.57. The molecule has 0 spiro atoms. The first kappa shape index (κ1) is 13.4. The van der Waals surface area contributed by atoms with Gasteiger partial charge in [0, 0.05) is 9.75 Å². The summed E-state index contributed by atoms with van der Waals surface area (Å²) < 4.78 is 0. The van der Waals surface area contributed by atoms with Gasteiger partial charge in [0.2, 0.25) is 0 Å². The Morgan fingerprint density at radius 2 is 2.18 bits per heavy atom. The summed E-state index contributed by atoms with van der Waals surface area (Å²) in [5.74, 6) is 0.640. The van der Waals surface area contributed by atoms with E-state index in [0.29, 0.717) is 11.3 Å². The summed E-state index contributed by atoms with van der Waals surface area (Å²) in [4.78, 5) is 2.84. The molecule has 2 unspecified atom stereocenters. The molecule has 0 radical (unpaired) electrons. The van der Waals surface area contributed by atoms with E-state index >= 15 is 0 Å². The fourth-order valence-electron chi connectivity index (χ4n) is 2.99. The van der Waals surface area contributed by atoms with Crippen LogP contribution >= 0.6 is 22.9 Å². The predicted molar refractivity (Wildman–Crippen MR) is 78.0 cm³/mol. The summed E-state index contributed by atoms with van der Waals surface area (Å²) in [6.07, 6.45) is 6.47. The molecular formula is C15H23ClS. The molecule has 0 nitrogen and oxygen atoms in total. The average molecular weight is 271 g/mol. The van der Waals surface area contributed by atoms with E-state index in [-0.39, 0.29) is 5.38 Å². The largest absolute Gasteiger partial charge is 0.144 e. The number of alkyl halides is 1. The minimum absolute atomic E-state index is 0.218. The Labute approximate surface area is 114 Å². The van der Waals surface area contributed by atoms with Crippen LogP contribution < -0.4 is 0 Å². The number of rotatable bonds is 3. The summed E-state index contributed by atoms with van der Waals surface area (Å²) in [5, 5.41) is 0.218. The van der Waals surface area contributed by atoms with Crippen LogP contribution in [0.4, 0.5) is 0 Å². The number of hydrogen-bond acceptors (Lipinski definition) is 1. The van der Waals surface area contributed by atoms with Crippen molar-refractivity contribution in [2.75, 3.05) is 0 Å². The van der Waals surface area contributed by atoms with Crippen LogP contribution in [0.2, 0.25) is 0 Å². The molecule has 2 atom stereocenters. The highest BCUT2D eigenvalue weighted by Gasteiger charge is 2.37. The van der Waals surface area contributed by atoms with Gasteiger partial charge in [-0.05, 0) is 42.7 Å². The van der Waals surface area contributed by atoms with Crippen LogP contribution in [-0.2, 0) is 6.42 Å². The first-order valence-corrected chi connectivity index (χ1v) is 8.02. The Morgan fingerprint density at radius 3 is 2.76 bits per heavy atom. The molecule has 96 valence electrons. The van der Waals surface area contributed by atoms with E-state index in [1.165, 1.54) is 35.4 Å². The third-order valence-electron chi connectivity index (χ3n) is 4.25. The highest BCUT2D eigenvalue weighted by Crippen LogP contribution is 2.50. The lowest BCUT2D eigenvalue weighted by Gasteiger charge is -2.41. The standard InChI is InChI=1S/C15H23ClS/c1-4-11-8-9-13(17-11)14(16)12-7-5-6-10-15(12,2)3/h8-9,12,14H,4-7,10H2,1-3H3. The van der Waals surface area contributed by atoms with E-state index < -0.39 is 0 Å². The lowest BCUT2D eigenvalue weighted by Crippen LogP contribution is -2.30. The van der Waals surface area contributed by atoms with Crippen molar-refractivity contribution in [3.05, 3.63) is 21.9 Å². The van der Waals surface area contributed by atoms with Crippen LogP contribution in [0.5, 0.6) is 0 Å². The lowest BCUT2D eigenvalue weighted by molar-refractivity contribution is 0.134. The van der Waals surface area contributed by atoms with Gasteiger partial charge >= 0.3 is 0 Å². The molecule has 1 heterocycles. The Kier molecular flexibility index (Phi) is 4.20. The van der Waals surface area contributed by atoms with Crippen LogP contribution in [-0.4, -0.2) is 0 Å². The van der Waals surface area contributed by atoms with Crippen molar-refractivity contribution in [2.45, 2.75) is 58.3 Å². The third kappa shape index (κ3) is 2.88. The Bertz CT molecular complexity index is 367. The maximum absolute atomic E-state index is 6.75. The molecule has 1 aromatic rings. The molecule has 1 aromatic heterocycles. The summed E-state index contributed by atoms with van der Waals surface area (Å²) in [7, 11) is 0. The van der Waals surface area contributed by atoms with Gasteiger partial charge in [-0.1, -0.05) is 33.6 Å². The smallest absolute Gasteiger partial charge is 0.0711 e. The SMILES string of the molecule is CCc1ccc(C(Cl)C2CCCCC2(C)C)s1. The molecule has 2 heteroatoms. The monoisotopic (exact) mass is 270 g/mol. The van der Waals surface area contributed by atoms with E-state index in [4.69, 9.17) is 11.6 Å². The van der Waals surface area contributed by atoms with Crippen LogP contribution in [0, 0.1) is 11.3 Å². The van der Waals surface area contributed by atoms with E-state index in [0.717, 1.165) is 6.42 Å². The minimum atomic E-state index is 0.218. The van der Waals surface area contributed by atoms with E-state index in [2.05, 4.69) is 32.9 Å². The fraction of sp³-hybridized carbons (Fsp3) is 0.733. The topological polar surface area (TPSA) is 0 Å². The zero-order chi connectivity index (χ0) is 12.5. The molecule has 0 saturated heterocycles. The van der Waals surface area contributed by atoms with Crippen LogP contribution in [0.1, 0.15) is 61.6 Å². The van der Waals surface area contributed by atoms with E-state index in [1.807, 2.05) is 11.3 Å². The second-order valence-electron chi connectivity index (χ2n) is 5.90. The maximum Gasteiger partial charge on any atom is 0.0711 e. The predicted octanol–water partition coefficient (Wildman–Crippen LogP) is 5.81. The zero-order valence-electron chi connectivity index (χ0n) is 11.1. The highest BCUT2D eigenvalue weighted by atomic mass is 35.5. The van der Waals surface area contributed by atoms with Gasteiger partial charge in [-0.3, -0.25) is 0 Å². The molecule has 0 bridgehead atoms. The molecule has 1 aliphatic rings. The van der Waals surface area contributed by atoms with E-state index in [9.17, 15) is 0 Å². The Morgan fingerprint density at radius 1 is 1.41 bits per heavy atom. The second kappa shape index (κ2) is 5.32. The summed E-state index contributed by atoms with van der Waals surface area (Å²) in [5.41, 5.74) is 0.404. The summed E-state index contributed by atoms with van der Waals surface area (Å²) >= 11 is 8.65. The van der Waals surface area contributed by atoms with Crippen molar-refractivity contribution in [3.63, 3.8) is 0 Å². The quantitative estimate of drug-likeness (QED) is 0.608. The van der Waals surface area contributed by atoms with Gasteiger partial charge in [0.1, 0.15) is 0 Å². The zero-order valence-corrected chi connectivity index (χ0v) is 12.7. The van der Waals surface area contributed by atoms with E-state index in [1.54, 1.807) is 0 Å². The molecular weight excluding hydrogens is 248 g/mol. The first-order valence-electron chi connectivity index (χ1n) is 6.77. The molecule has 0 amide bonds. The third-order valence-corrected chi connectivity index (χ3v) is 6.23. The Hall–Kier alpha value is -0.0100. The molecule has 17 heavy (non-hydrogen) atoms. The molecule has 1 saturated carbocycles. The van der Waals surface area contributed by atoms with Gasteiger partial charge in [-0.2, -0.15) is 0 Å². The van der Waals surface area contributed by atoms with Gasteiger partial charge in [0.05, 0.1) is 5.38 Å². The summed E-state index contributed by atoms with van der Waals surface area (Å²) in [6, 6.07) is 4.48. The van der Waals surface area contributed by atoms with Gasteiger partial charge in [0.15, 0.2) is 0 Å². The van der Waals surface area contributed by atoms with Gasteiger partial charge < -0.3 is 0 Å². The number of halogens is 1. The van der Waals surface area contributed by atoms with Crippen molar-refractivity contribution in [1.29, 1.82) is 0 Å². The molecule has 0 aromatic carbocycles.